The lowest BCUT2D eigenvalue weighted by Gasteiger charge is -2.58. The van der Waals surface area contributed by atoms with Gasteiger partial charge in [0, 0.05) is 38.2 Å². The van der Waals surface area contributed by atoms with E-state index in [0.717, 1.165) is 77.2 Å². The maximum Gasteiger partial charge on any atom is 0.303 e. The van der Waals surface area contributed by atoms with Crippen molar-refractivity contribution in [3.63, 3.8) is 0 Å². The first kappa shape index (κ1) is 31.3. The van der Waals surface area contributed by atoms with E-state index >= 15 is 0 Å². The molecule has 0 bridgehead atoms. The van der Waals surface area contributed by atoms with Gasteiger partial charge in [-0.25, -0.2) is 0 Å². The summed E-state index contributed by atoms with van der Waals surface area (Å²) in [5.41, 5.74) is 4.03. The number of allylic oxidation sites excluding steroid dienone is 6. The molecule has 0 aromatic carbocycles. The molecule has 6 heteroatoms. The zero-order valence-corrected chi connectivity index (χ0v) is 26.6. The SMILES string of the molecule is CC(=O)O[C@]1(C(C)=O)CC[C@H]2[C@@H]3CCC4=CC(O)CCC4=C3[C@@H](C3(C)C=CC(N(C)CCCCCCO)=CC3)C[C@@]21C. The minimum Gasteiger partial charge on any atom is -0.451 e. The molecule has 0 aromatic heterocycles. The molecule has 0 amide bonds. The number of fused-ring (bicyclic) bond motifs is 4. The van der Waals surface area contributed by atoms with Gasteiger partial charge < -0.3 is 19.8 Å². The van der Waals surface area contributed by atoms with Gasteiger partial charge in [-0.15, -0.1) is 0 Å². The summed E-state index contributed by atoms with van der Waals surface area (Å²) < 4.78 is 6.11. The summed E-state index contributed by atoms with van der Waals surface area (Å²) >= 11 is 0. The van der Waals surface area contributed by atoms with E-state index in [2.05, 4.69) is 50.1 Å². The zero-order chi connectivity index (χ0) is 30.3. The van der Waals surface area contributed by atoms with Gasteiger partial charge in [-0.1, -0.05) is 50.5 Å². The van der Waals surface area contributed by atoms with Crippen LogP contribution in [0.2, 0.25) is 0 Å². The van der Waals surface area contributed by atoms with Crippen LogP contribution in [0, 0.1) is 28.6 Å². The fraction of sp³-hybridized carbons (Fsp3) is 0.722. The lowest BCUT2D eigenvalue weighted by molar-refractivity contribution is -0.184. The van der Waals surface area contributed by atoms with Crippen LogP contribution >= 0.6 is 0 Å². The lowest BCUT2D eigenvalue weighted by atomic mass is 9.47. The van der Waals surface area contributed by atoms with Crippen LogP contribution in [0.25, 0.3) is 0 Å². The van der Waals surface area contributed by atoms with Gasteiger partial charge in [-0.3, -0.25) is 9.59 Å². The minimum absolute atomic E-state index is 0.0122. The van der Waals surface area contributed by atoms with Gasteiger partial charge in [0.1, 0.15) is 0 Å². The molecule has 0 spiro atoms. The van der Waals surface area contributed by atoms with E-state index < -0.39 is 11.0 Å². The maximum atomic E-state index is 13.4. The van der Waals surface area contributed by atoms with Crippen LogP contribution in [0.15, 0.2) is 46.7 Å². The summed E-state index contributed by atoms with van der Waals surface area (Å²) in [4.78, 5) is 28.2. The number of hydrogen-bond acceptors (Lipinski definition) is 6. The number of rotatable bonds is 10. The second-order valence-corrected chi connectivity index (χ2v) is 14.4. The summed E-state index contributed by atoms with van der Waals surface area (Å²) in [5.74, 6) is 0.515. The van der Waals surface area contributed by atoms with E-state index in [1.165, 1.54) is 23.8 Å². The lowest BCUT2D eigenvalue weighted by Crippen LogP contribution is -2.58. The monoisotopic (exact) mass is 579 g/mol. The molecule has 0 heterocycles. The van der Waals surface area contributed by atoms with Crippen molar-refractivity contribution in [2.75, 3.05) is 20.2 Å². The molecule has 2 unspecified atom stereocenters. The summed E-state index contributed by atoms with van der Waals surface area (Å²) in [6.07, 6.45) is 20.0. The number of carbonyl (C=O) groups is 2. The molecule has 7 atom stereocenters. The molecule has 2 N–H and O–H groups in total. The van der Waals surface area contributed by atoms with Crippen LogP contribution in [0.1, 0.15) is 105 Å². The Hall–Kier alpha value is -2.18. The van der Waals surface area contributed by atoms with Gasteiger partial charge in [0.2, 0.25) is 0 Å². The molecule has 5 aliphatic carbocycles. The first-order valence-electron chi connectivity index (χ1n) is 16.5. The van der Waals surface area contributed by atoms with Gasteiger partial charge in [-0.05, 0) is 112 Å². The number of carbonyl (C=O) groups excluding carboxylic acids is 2. The van der Waals surface area contributed by atoms with E-state index in [-0.39, 0.29) is 35.8 Å². The van der Waals surface area contributed by atoms with Crippen molar-refractivity contribution in [2.45, 2.75) is 116 Å². The van der Waals surface area contributed by atoms with Crippen molar-refractivity contribution < 1.29 is 24.5 Å². The summed E-state index contributed by atoms with van der Waals surface area (Å²) in [6, 6.07) is 0. The number of ketones is 1. The van der Waals surface area contributed by atoms with Gasteiger partial charge in [0.05, 0.1) is 6.10 Å². The standard InChI is InChI=1S/C36H53NO5/c1-24(39)36(42-25(2)40)19-16-31-30-12-10-26-22-28(41)11-13-29(26)33(30)32(23-35(31,36)4)34(3)17-14-27(15-18-34)37(5)20-8-6-7-9-21-38/h14-15,17,22,28,30-32,38,41H,6-13,16,18-21,23H2,1-5H3/t28?,30-,31-,32-,34?,35-,36-/m0/s1. The van der Waals surface area contributed by atoms with Crippen molar-refractivity contribution in [3.05, 3.63) is 46.7 Å². The number of esters is 1. The Balaban J connectivity index is 1.50. The number of Topliss-reactive ketones (excluding diaryl/α,β-unsaturated/α-hetero) is 1. The molecule has 6 nitrogen and oxygen atoms in total. The number of aliphatic hydroxyl groups excluding tert-OH is 2. The molecule has 232 valence electrons. The normalized spacial score (nSPS) is 37.3. The highest BCUT2D eigenvalue weighted by atomic mass is 16.6. The summed E-state index contributed by atoms with van der Waals surface area (Å²) in [7, 11) is 2.17. The molecular formula is C36H53NO5. The molecule has 0 radical (unpaired) electrons. The van der Waals surface area contributed by atoms with Crippen molar-refractivity contribution in [1.82, 2.24) is 4.90 Å². The van der Waals surface area contributed by atoms with Gasteiger partial charge in [0.25, 0.3) is 0 Å². The van der Waals surface area contributed by atoms with E-state index in [1.807, 2.05) is 0 Å². The zero-order valence-electron chi connectivity index (χ0n) is 26.6. The van der Waals surface area contributed by atoms with Crippen LogP contribution in [-0.2, 0) is 14.3 Å². The average Bonchev–Trinajstić information content (AvgIpc) is 3.24. The molecule has 5 rings (SSSR count). The largest absolute Gasteiger partial charge is 0.451 e. The van der Waals surface area contributed by atoms with Gasteiger partial charge >= 0.3 is 5.97 Å². The molecule has 2 saturated carbocycles. The third-order valence-corrected chi connectivity index (χ3v) is 11.9. The fourth-order valence-electron chi connectivity index (χ4n) is 9.64. The number of aliphatic hydroxyl groups is 2. The van der Waals surface area contributed by atoms with Crippen molar-refractivity contribution in [3.8, 4) is 0 Å². The third kappa shape index (κ3) is 5.36. The Morgan fingerprint density at radius 1 is 1.07 bits per heavy atom. The third-order valence-electron chi connectivity index (χ3n) is 11.9. The quantitative estimate of drug-likeness (QED) is 0.229. The number of hydrogen-bond donors (Lipinski definition) is 2. The van der Waals surface area contributed by atoms with Crippen LogP contribution in [-0.4, -0.2) is 58.8 Å². The molecular weight excluding hydrogens is 526 g/mol. The second kappa shape index (κ2) is 12.1. The van der Waals surface area contributed by atoms with E-state index in [9.17, 15) is 14.7 Å². The van der Waals surface area contributed by atoms with Crippen molar-refractivity contribution in [1.29, 1.82) is 0 Å². The van der Waals surface area contributed by atoms with E-state index in [1.54, 1.807) is 12.5 Å². The van der Waals surface area contributed by atoms with Gasteiger partial charge in [-0.2, -0.15) is 0 Å². The first-order valence-corrected chi connectivity index (χ1v) is 16.5. The molecule has 0 aliphatic heterocycles. The van der Waals surface area contributed by atoms with E-state index in [4.69, 9.17) is 9.84 Å². The summed E-state index contributed by atoms with van der Waals surface area (Å²) in [6.45, 7) is 8.98. The summed E-state index contributed by atoms with van der Waals surface area (Å²) in [5, 5.41) is 19.5. The first-order chi connectivity index (χ1) is 20.0. The highest BCUT2D eigenvalue weighted by Crippen LogP contribution is 2.69. The van der Waals surface area contributed by atoms with Crippen LogP contribution in [0.5, 0.6) is 0 Å². The average molecular weight is 580 g/mol. The van der Waals surface area contributed by atoms with Crippen molar-refractivity contribution in [2.24, 2.45) is 28.6 Å². The Morgan fingerprint density at radius 2 is 1.83 bits per heavy atom. The Morgan fingerprint density at radius 3 is 2.50 bits per heavy atom. The molecule has 42 heavy (non-hydrogen) atoms. The number of unbranched alkanes of at least 4 members (excludes halogenated alkanes) is 3. The van der Waals surface area contributed by atoms with Gasteiger partial charge in [0.15, 0.2) is 11.4 Å². The minimum atomic E-state index is -1.07. The number of nitrogens with zero attached hydrogens (tertiary/aromatic N) is 1. The van der Waals surface area contributed by atoms with E-state index in [0.29, 0.717) is 18.3 Å². The Labute approximate surface area is 253 Å². The molecule has 0 saturated heterocycles. The Kier molecular flexibility index (Phi) is 8.98. The highest BCUT2D eigenvalue weighted by molar-refractivity contribution is 5.89. The highest BCUT2D eigenvalue weighted by Gasteiger charge is 2.68. The predicted molar refractivity (Wildman–Crippen MR) is 165 cm³/mol. The molecule has 0 aromatic rings. The number of ether oxygens (including phenoxy) is 1. The van der Waals surface area contributed by atoms with Crippen LogP contribution in [0.4, 0.5) is 0 Å². The van der Waals surface area contributed by atoms with Crippen LogP contribution in [0.3, 0.4) is 0 Å². The second-order valence-electron chi connectivity index (χ2n) is 14.4. The topological polar surface area (TPSA) is 87.1 Å². The maximum absolute atomic E-state index is 13.4. The Bertz CT molecular complexity index is 1200. The predicted octanol–water partition coefficient (Wildman–Crippen LogP) is 6.44. The number of likely N-dealkylation sites (N-methyl/N-ethyl adjacent to an activating group) is 1. The fourth-order valence-corrected chi connectivity index (χ4v) is 9.64. The smallest absolute Gasteiger partial charge is 0.303 e. The molecule has 5 aliphatic rings. The van der Waals surface area contributed by atoms with Crippen LogP contribution < -0.4 is 0 Å². The van der Waals surface area contributed by atoms with Crippen molar-refractivity contribution >= 4 is 11.8 Å². The molecule has 2 fully saturated rings.